The third kappa shape index (κ3) is 5.02. The van der Waals surface area contributed by atoms with Crippen molar-refractivity contribution < 1.29 is 4.79 Å². The molecule has 2 aliphatic heterocycles. The van der Waals surface area contributed by atoms with Crippen molar-refractivity contribution in [1.29, 1.82) is 0 Å². The van der Waals surface area contributed by atoms with E-state index in [1.165, 1.54) is 17.7 Å². The number of hydrogen-bond acceptors (Lipinski definition) is 3. The van der Waals surface area contributed by atoms with Crippen molar-refractivity contribution in [3.05, 3.63) is 29.3 Å². The van der Waals surface area contributed by atoms with Gasteiger partial charge in [-0.3, -0.25) is 4.79 Å². The van der Waals surface area contributed by atoms with Crippen molar-refractivity contribution in [2.45, 2.75) is 55.1 Å². The Labute approximate surface area is 153 Å². The second-order valence-electron chi connectivity index (χ2n) is 6.32. The summed E-state index contributed by atoms with van der Waals surface area (Å²) in [5, 5.41) is 4.38. The first kappa shape index (κ1) is 18.9. The SMILES string of the molecule is CN(C(=O)CCSc1ccc(Cl)cc1)C1CC2CCC(C1)N2.Cl. The Morgan fingerprint density at radius 1 is 1.26 bits per heavy atom. The Balaban J connectivity index is 0.00000192. The molecular weight excluding hydrogens is 351 g/mol. The first-order chi connectivity index (χ1) is 10.6. The molecule has 128 valence electrons. The molecule has 2 heterocycles. The number of piperidine rings is 1. The van der Waals surface area contributed by atoms with Crippen LogP contribution in [0.4, 0.5) is 0 Å². The van der Waals surface area contributed by atoms with Gasteiger partial charge in [0.15, 0.2) is 0 Å². The molecule has 0 radical (unpaired) electrons. The summed E-state index contributed by atoms with van der Waals surface area (Å²) < 4.78 is 0. The van der Waals surface area contributed by atoms with Gasteiger partial charge in [-0.2, -0.15) is 0 Å². The quantitative estimate of drug-likeness (QED) is 0.790. The minimum atomic E-state index is 0. The molecule has 2 aliphatic rings. The highest BCUT2D eigenvalue weighted by Crippen LogP contribution is 2.29. The minimum Gasteiger partial charge on any atom is -0.343 e. The van der Waals surface area contributed by atoms with E-state index < -0.39 is 0 Å². The number of benzene rings is 1. The lowest BCUT2D eigenvalue weighted by Gasteiger charge is -2.35. The third-order valence-electron chi connectivity index (χ3n) is 4.79. The monoisotopic (exact) mass is 374 g/mol. The molecule has 0 aliphatic carbocycles. The predicted molar refractivity (Wildman–Crippen MR) is 99.8 cm³/mol. The van der Waals surface area contributed by atoms with Crippen molar-refractivity contribution in [3.63, 3.8) is 0 Å². The molecule has 23 heavy (non-hydrogen) atoms. The third-order valence-corrected chi connectivity index (χ3v) is 6.05. The second-order valence-corrected chi connectivity index (χ2v) is 7.92. The van der Waals surface area contributed by atoms with E-state index in [-0.39, 0.29) is 18.3 Å². The van der Waals surface area contributed by atoms with Crippen LogP contribution < -0.4 is 5.32 Å². The van der Waals surface area contributed by atoms with Crippen LogP contribution in [0, 0.1) is 0 Å². The predicted octanol–water partition coefficient (Wildman–Crippen LogP) is 3.99. The number of hydrogen-bond donors (Lipinski definition) is 1. The van der Waals surface area contributed by atoms with Crippen LogP contribution in [0.3, 0.4) is 0 Å². The number of halogens is 2. The summed E-state index contributed by atoms with van der Waals surface area (Å²) in [7, 11) is 1.98. The zero-order valence-corrected chi connectivity index (χ0v) is 15.7. The molecule has 2 unspecified atom stereocenters. The summed E-state index contributed by atoms with van der Waals surface area (Å²) in [6.45, 7) is 0. The van der Waals surface area contributed by atoms with E-state index in [0.717, 1.165) is 23.6 Å². The fraction of sp³-hybridized carbons (Fsp3) is 0.588. The highest BCUT2D eigenvalue weighted by Gasteiger charge is 2.36. The number of thioether (sulfide) groups is 1. The zero-order valence-electron chi connectivity index (χ0n) is 13.3. The average Bonchev–Trinajstić information content (AvgIpc) is 2.86. The van der Waals surface area contributed by atoms with Crippen molar-refractivity contribution in [3.8, 4) is 0 Å². The molecule has 3 rings (SSSR count). The summed E-state index contributed by atoms with van der Waals surface area (Å²) >= 11 is 7.59. The summed E-state index contributed by atoms with van der Waals surface area (Å²) in [5.74, 6) is 1.09. The van der Waals surface area contributed by atoms with Crippen molar-refractivity contribution in [2.75, 3.05) is 12.8 Å². The highest BCUT2D eigenvalue weighted by molar-refractivity contribution is 7.99. The second kappa shape index (κ2) is 8.61. The van der Waals surface area contributed by atoms with Crippen LogP contribution in [-0.2, 0) is 4.79 Å². The van der Waals surface area contributed by atoms with Crippen LogP contribution in [0.25, 0.3) is 0 Å². The van der Waals surface area contributed by atoms with Gasteiger partial charge in [0.05, 0.1) is 0 Å². The van der Waals surface area contributed by atoms with Gasteiger partial charge < -0.3 is 10.2 Å². The van der Waals surface area contributed by atoms with Gasteiger partial charge in [0.25, 0.3) is 0 Å². The summed E-state index contributed by atoms with van der Waals surface area (Å²) in [6.07, 6.45) is 5.38. The van der Waals surface area contributed by atoms with Gasteiger partial charge in [-0.05, 0) is 49.9 Å². The van der Waals surface area contributed by atoms with Crippen molar-refractivity contribution >= 4 is 41.7 Å². The summed E-state index contributed by atoms with van der Waals surface area (Å²) in [5.41, 5.74) is 0. The fourth-order valence-corrected chi connectivity index (χ4v) is 4.48. The van der Waals surface area contributed by atoms with Gasteiger partial charge in [0, 0.05) is 47.3 Å². The standard InChI is InChI=1S/C17H23ClN2OS.ClH/c1-20(15-10-13-4-5-14(11-15)19-13)17(21)8-9-22-16-6-2-12(18)3-7-16;/h2-3,6-7,13-15,19H,4-5,8-11H2,1H3;1H. The number of nitrogens with one attached hydrogen (secondary N) is 1. The van der Waals surface area contributed by atoms with E-state index in [1.807, 2.05) is 36.2 Å². The molecule has 2 bridgehead atoms. The molecule has 1 N–H and O–H groups in total. The molecule has 2 saturated heterocycles. The lowest BCUT2D eigenvalue weighted by Crippen LogP contribution is -2.48. The Bertz CT molecular complexity index is 514. The Morgan fingerprint density at radius 3 is 2.48 bits per heavy atom. The molecule has 1 aromatic rings. The molecule has 0 spiro atoms. The maximum atomic E-state index is 12.4. The Morgan fingerprint density at radius 2 is 1.87 bits per heavy atom. The van der Waals surface area contributed by atoms with Gasteiger partial charge in [-0.1, -0.05) is 11.6 Å². The topological polar surface area (TPSA) is 32.3 Å². The van der Waals surface area contributed by atoms with E-state index in [4.69, 9.17) is 11.6 Å². The average molecular weight is 375 g/mol. The van der Waals surface area contributed by atoms with E-state index in [0.29, 0.717) is 24.5 Å². The number of rotatable bonds is 5. The van der Waals surface area contributed by atoms with Gasteiger partial charge in [-0.25, -0.2) is 0 Å². The minimum absolute atomic E-state index is 0. The summed E-state index contributed by atoms with van der Waals surface area (Å²) in [6, 6.07) is 9.47. The van der Waals surface area contributed by atoms with Gasteiger partial charge >= 0.3 is 0 Å². The van der Waals surface area contributed by atoms with E-state index >= 15 is 0 Å². The maximum Gasteiger partial charge on any atom is 0.223 e. The molecule has 2 fully saturated rings. The Hall–Kier alpha value is -0.420. The molecular formula is C17H24Cl2N2OS. The largest absolute Gasteiger partial charge is 0.343 e. The first-order valence-corrected chi connectivity index (χ1v) is 9.38. The van der Waals surface area contributed by atoms with Gasteiger partial charge in [-0.15, -0.1) is 24.2 Å². The number of carbonyl (C=O) groups excluding carboxylic acids is 1. The molecule has 1 aromatic carbocycles. The molecule has 0 saturated carbocycles. The van der Waals surface area contributed by atoms with Crippen molar-refractivity contribution in [1.82, 2.24) is 10.2 Å². The van der Waals surface area contributed by atoms with Crippen LogP contribution >= 0.6 is 35.8 Å². The van der Waals surface area contributed by atoms with Crippen LogP contribution in [-0.4, -0.2) is 41.7 Å². The highest BCUT2D eigenvalue weighted by atomic mass is 35.5. The number of amides is 1. The van der Waals surface area contributed by atoms with Gasteiger partial charge in [0.2, 0.25) is 5.91 Å². The number of carbonyl (C=O) groups is 1. The normalized spacial score (nSPS) is 25.7. The lowest BCUT2D eigenvalue weighted by molar-refractivity contribution is -0.132. The maximum absolute atomic E-state index is 12.4. The first-order valence-electron chi connectivity index (χ1n) is 8.02. The van der Waals surface area contributed by atoms with Crippen LogP contribution in [0.2, 0.25) is 5.02 Å². The molecule has 1 amide bonds. The number of fused-ring (bicyclic) bond motifs is 2. The van der Waals surface area contributed by atoms with E-state index in [9.17, 15) is 4.79 Å². The van der Waals surface area contributed by atoms with Crippen LogP contribution in [0.15, 0.2) is 29.2 Å². The van der Waals surface area contributed by atoms with Gasteiger partial charge in [0.1, 0.15) is 0 Å². The number of nitrogens with zero attached hydrogens (tertiary/aromatic N) is 1. The van der Waals surface area contributed by atoms with Crippen molar-refractivity contribution in [2.24, 2.45) is 0 Å². The lowest BCUT2D eigenvalue weighted by atomic mass is 9.98. The van der Waals surface area contributed by atoms with E-state index in [1.54, 1.807) is 11.8 Å². The molecule has 0 aromatic heterocycles. The van der Waals surface area contributed by atoms with Crippen LogP contribution in [0.5, 0.6) is 0 Å². The molecule has 3 nitrogen and oxygen atoms in total. The summed E-state index contributed by atoms with van der Waals surface area (Å²) in [4.78, 5) is 15.6. The van der Waals surface area contributed by atoms with Crippen LogP contribution in [0.1, 0.15) is 32.1 Å². The Kier molecular flexibility index (Phi) is 7.08. The smallest absolute Gasteiger partial charge is 0.223 e. The van der Waals surface area contributed by atoms with E-state index in [2.05, 4.69) is 5.32 Å². The zero-order chi connectivity index (χ0) is 15.5. The molecule has 2 atom stereocenters. The fourth-order valence-electron chi connectivity index (χ4n) is 3.51. The molecule has 6 heteroatoms.